The molecule has 0 aliphatic rings. The summed E-state index contributed by atoms with van der Waals surface area (Å²) in [6, 6.07) is 21.5. The molecule has 27 heavy (non-hydrogen) atoms. The number of carbonyl (C=O) groups is 1. The Balaban J connectivity index is 1.73. The highest BCUT2D eigenvalue weighted by Gasteiger charge is 2.12. The van der Waals surface area contributed by atoms with Gasteiger partial charge in [-0.25, -0.2) is 4.98 Å². The van der Waals surface area contributed by atoms with E-state index in [1.165, 1.54) is 0 Å². The maximum atomic E-state index is 11.5. The maximum absolute atomic E-state index is 11.5. The zero-order chi connectivity index (χ0) is 19.0. The fourth-order valence-corrected chi connectivity index (χ4v) is 3.49. The van der Waals surface area contributed by atoms with Crippen LogP contribution in [0.4, 0.5) is 0 Å². The summed E-state index contributed by atoms with van der Waals surface area (Å²) in [4.78, 5) is 16.1. The lowest BCUT2D eigenvalue weighted by Gasteiger charge is -2.11. The Kier molecular flexibility index (Phi) is 4.42. The van der Waals surface area contributed by atoms with Gasteiger partial charge in [-0.3, -0.25) is 4.79 Å². The minimum absolute atomic E-state index is 0.451. The predicted octanol–water partition coefficient (Wildman–Crippen LogP) is 4.81. The van der Waals surface area contributed by atoms with E-state index in [0.717, 1.165) is 33.5 Å². The topological polar surface area (TPSA) is 60.9 Å². The van der Waals surface area contributed by atoms with Crippen molar-refractivity contribution >= 4 is 28.5 Å². The number of imidazole rings is 1. The molecule has 0 saturated carbocycles. The number of aromatic nitrogens is 2. The Bertz CT molecular complexity index is 1150. The highest BCUT2D eigenvalue weighted by atomic mass is 35.5. The van der Waals surface area contributed by atoms with Gasteiger partial charge in [0.05, 0.1) is 17.6 Å². The Morgan fingerprint density at radius 2 is 1.81 bits per heavy atom. The minimum Gasteiger partial charge on any atom is -0.366 e. The van der Waals surface area contributed by atoms with Gasteiger partial charge in [-0.2, -0.15) is 0 Å². The summed E-state index contributed by atoms with van der Waals surface area (Å²) >= 11 is 6.57. The molecule has 0 aliphatic heterocycles. The van der Waals surface area contributed by atoms with Gasteiger partial charge in [0, 0.05) is 10.6 Å². The van der Waals surface area contributed by atoms with Crippen molar-refractivity contribution in [3.63, 3.8) is 0 Å². The van der Waals surface area contributed by atoms with Gasteiger partial charge in [-0.15, -0.1) is 0 Å². The Hall–Kier alpha value is -3.11. The molecule has 4 nitrogen and oxygen atoms in total. The number of rotatable bonds is 4. The number of primary amides is 1. The molecule has 0 aliphatic carbocycles. The first-order chi connectivity index (χ1) is 13.0. The fourth-order valence-electron chi connectivity index (χ4n) is 3.25. The SMILES string of the molecule is Cc1nc2ccc(C(N)=O)cc2n1Cc1ccc(-c2ccccc2)cc1Cl. The number of nitrogens with zero attached hydrogens (tertiary/aromatic N) is 2. The molecule has 0 atom stereocenters. The van der Waals surface area contributed by atoms with Crippen molar-refractivity contribution in [3.05, 3.63) is 88.7 Å². The molecule has 1 amide bonds. The van der Waals surface area contributed by atoms with Gasteiger partial charge < -0.3 is 10.3 Å². The third-order valence-electron chi connectivity index (χ3n) is 4.71. The van der Waals surface area contributed by atoms with E-state index in [0.29, 0.717) is 17.1 Å². The first kappa shape index (κ1) is 17.3. The highest BCUT2D eigenvalue weighted by molar-refractivity contribution is 6.31. The van der Waals surface area contributed by atoms with Gasteiger partial charge in [0.1, 0.15) is 5.82 Å². The maximum Gasteiger partial charge on any atom is 0.248 e. The molecule has 0 bridgehead atoms. The number of benzene rings is 3. The second-order valence-electron chi connectivity index (χ2n) is 6.49. The molecule has 0 spiro atoms. The summed E-state index contributed by atoms with van der Waals surface area (Å²) in [6.07, 6.45) is 0. The van der Waals surface area contributed by atoms with Crippen molar-refractivity contribution in [1.82, 2.24) is 9.55 Å². The van der Waals surface area contributed by atoms with E-state index < -0.39 is 5.91 Å². The van der Waals surface area contributed by atoms with Crippen LogP contribution in [0.3, 0.4) is 0 Å². The van der Waals surface area contributed by atoms with Crippen molar-refractivity contribution < 1.29 is 4.79 Å². The van der Waals surface area contributed by atoms with E-state index >= 15 is 0 Å². The lowest BCUT2D eigenvalue weighted by molar-refractivity contribution is 0.100. The van der Waals surface area contributed by atoms with Crippen molar-refractivity contribution in [2.45, 2.75) is 13.5 Å². The van der Waals surface area contributed by atoms with E-state index in [1.54, 1.807) is 12.1 Å². The van der Waals surface area contributed by atoms with Gasteiger partial charge in [0.15, 0.2) is 0 Å². The second kappa shape index (κ2) is 6.89. The summed E-state index contributed by atoms with van der Waals surface area (Å²) in [5.41, 5.74) is 10.8. The molecule has 0 saturated heterocycles. The average molecular weight is 376 g/mol. The Morgan fingerprint density at radius 3 is 2.52 bits per heavy atom. The molecular weight excluding hydrogens is 358 g/mol. The minimum atomic E-state index is -0.451. The summed E-state index contributed by atoms with van der Waals surface area (Å²) in [5.74, 6) is 0.405. The first-order valence-corrected chi connectivity index (χ1v) is 9.01. The number of fused-ring (bicyclic) bond motifs is 1. The van der Waals surface area contributed by atoms with E-state index in [-0.39, 0.29) is 0 Å². The lowest BCUT2D eigenvalue weighted by Crippen LogP contribution is -2.11. The number of aryl methyl sites for hydroxylation is 1. The number of amides is 1. The van der Waals surface area contributed by atoms with E-state index in [1.807, 2.05) is 47.9 Å². The molecule has 134 valence electrons. The number of nitrogens with two attached hydrogens (primary N) is 1. The van der Waals surface area contributed by atoms with Crippen molar-refractivity contribution in [2.75, 3.05) is 0 Å². The summed E-state index contributed by atoms with van der Waals surface area (Å²) in [7, 11) is 0. The van der Waals surface area contributed by atoms with E-state index in [4.69, 9.17) is 17.3 Å². The standard InChI is InChI=1S/C22H18ClN3O/c1-14-25-20-10-9-17(22(24)27)12-21(20)26(14)13-18-8-7-16(11-19(18)23)15-5-3-2-4-6-15/h2-12H,13H2,1H3,(H2,24,27). The molecular formula is C22H18ClN3O. The van der Waals surface area contributed by atoms with Crippen LogP contribution in [0.2, 0.25) is 5.02 Å². The normalized spacial score (nSPS) is 11.0. The van der Waals surface area contributed by atoms with Crippen LogP contribution in [0.5, 0.6) is 0 Å². The van der Waals surface area contributed by atoms with Crippen LogP contribution >= 0.6 is 11.6 Å². The van der Waals surface area contributed by atoms with Crippen LogP contribution in [0.15, 0.2) is 66.7 Å². The largest absolute Gasteiger partial charge is 0.366 e. The van der Waals surface area contributed by atoms with Crippen molar-refractivity contribution in [1.29, 1.82) is 0 Å². The number of hydrogen-bond acceptors (Lipinski definition) is 2. The third-order valence-corrected chi connectivity index (χ3v) is 5.06. The van der Waals surface area contributed by atoms with Gasteiger partial charge in [-0.1, -0.05) is 54.1 Å². The second-order valence-corrected chi connectivity index (χ2v) is 6.89. The predicted molar refractivity (Wildman–Crippen MR) is 109 cm³/mol. The molecule has 0 radical (unpaired) electrons. The smallest absolute Gasteiger partial charge is 0.248 e. The molecule has 5 heteroatoms. The van der Waals surface area contributed by atoms with E-state index in [2.05, 4.69) is 23.2 Å². The Labute approximate surface area is 162 Å². The van der Waals surface area contributed by atoms with E-state index in [9.17, 15) is 4.79 Å². The monoisotopic (exact) mass is 375 g/mol. The van der Waals surface area contributed by atoms with Gasteiger partial charge in [0.25, 0.3) is 0 Å². The average Bonchev–Trinajstić information content (AvgIpc) is 2.98. The molecule has 3 aromatic carbocycles. The summed E-state index contributed by atoms with van der Waals surface area (Å²) in [6.45, 7) is 2.51. The molecule has 0 fully saturated rings. The van der Waals surface area contributed by atoms with Crippen molar-refractivity contribution in [3.8, 4) is 11.1 Å². The number of carbonyl (C=O) groups excluding carboxylic acids is 1. The van der Waals surface area contributed by atoms with Crippen LogP contribution in [0, 0.1) is 6.92 Å². The van der Waals surface area contributed by atoms with Gasteiger partial charge in [0.2, 0.25) is 5.91 Å². The third kappa shape index (κ3) is 3.32. The zero-order valence-electron chi connectivity index (χ0n) is 14.8. The number of halogens is 1. The van der Waals surface area contributed by atoms with Crippen LogP contribution in [0.1, 0.15) is 21.7 Å². The molecule has 4 rings (SSSR count). The van der Waals surface area contributed by atoms with Crippen LogP contribution in [0.25, 0.3) is 22.2 Å². The van der Waals surface area contributed by atoms with Crippen LogP contribution in [-0.2, 0) is 6.54 Å². The van der Waals surface area contributed by atoms with Crippen molar-refractivity contribution in [2.24, 2.45) is 5.73 Å². The summed E-state index contributed by atoms with van der Waals surface area (Å²) in [5, 5.41) is 0.698. The summed E-state index contributed by atoms with van der Waals surface area (Å²) < 4.78 is 2.05. The highest BCUT2D eigenvalue weighted by Crippen LogP contribution is 2.27. The molecule has 1 heterocycles. The van der Waals surface area contributed by atoms with Gasteiger partial charge in [-0.05, 0) is 47.9 Å². The Morgan fingerprint density at radius 1 is 1.04 bits per heavy atom. The molecule has 0 unspecified atom stereocenters. The fraction of sp³-hybridized carbons (Fsp3) is 0.0909. The molecule has 4 aromatic rings. The van der Waals surface area contributed by atoms with Gasteiger partial charge >= 0.3 is 0 Å². The van der Waals surface area contributed by atoms with Crippen LogP contribution in [-0.4, -0.2) is 15.5 Å². The number of hydrogen-bond donors (Lipinski definition) is 1. The van der Waals surface area contributed by atoms with Crippen LogP contribution < -0.4 is 5.73 Å². The quantitative estimate of drug-likeness (QED) is 0.556. The molecule has 1 aromatic heterocycles. The molecule has 2 N–H and O–H groups in total. The lowest BCUT2D eigenvalue weighted by atomic mass is 10.0. The zero-order valence-corrected chi connectivity index (χ0v) is 15.6. The first-order valence-electron chi connectivity index (χ1n) is 8.63.